The summed E-state index contributed by atoms with van der Waals surface area (Å²) in [5, 5.41) is 0. The van der Waals surface area contributed by atoms with Crippen LogP contribution in [0.25, 0.3) is 0 Å². The fraction of sp³-hybridized carbons (Fsp3) is 1.00. The molecule has 1 atom stereocenters. The first-order valence-electron chi connectivity index (χ1n) is 7.04. The van der Waals surface area contributed by atoms with Crippen molar-refractivity contribution in [3.05, 3.63) is 0 Å². The third-order valence-electron chi connectivity index (χ3n) is 2.87. The fourth-order valence-corrected chi connectivity index (χ4v) is 11.9. The van der Waals surface area contributed by atoms with Gasteiger partial charge in [-0.05, 0) is 51.1 Å². The Hall–Kier alpha value is 0.384. The molecule has 0 spiro atoms. The zero-order valence-electron chi connectivity index (χ0n) is 13.4. The first-order chi connectivity index (χ1) is 9.72. The molecule has 1 N–H and O–H groups in total. The van der Waals surface area contributed by atoms with Gasteiger partial charge in [-0.25, -0.2) is 13.1 Å². The molecule has 134 valence electrons. The molecule has 0 aromatic rings. The summed E-state index contributed by atoms with van der Waals surface area (Å²) in [7, 11) is -9.11. The molecule has 0 aliphatic heterocycles. The first-order valence-corrected chi connectivity index (χ1v) is 15.3. The third kappa shape index (κ3) is 8.87. The lowest BCUT2D eigenvalue weighted by atomic mass is 10.5. The van der Waals surface area contributed by atoms with Crippen LogP contribution in [0.15, 0.2) is 0 Å². The van der Waals surface area contributed by atoms with Crippen LogP contribution in [0.2, 0.25) is 38.3 Å². The first kappa shape index (κ1) is 22.4. The van der Waals surface area contributed by atoms with E-state index in [2.05, 4.69) is 19.6 Å². The van der Waals surface area contributed by atoms with Gasteiger partial charge < -0.3 is 4.12 Å². The Labute approximate surface area is 138 Å². The topological polar surface area (TPSA) is 55.4 Å². The summed E-state index contributed by atoms with van der Waals surface area (Å²) in [5.41, 5.74) is -5.26. The molecule has 1 unspecified atom stereocenters. The van der Waals surface area contributed by atoms with E-state index in [1.54, 1.807) is 4.72 Å². The van der Waals surface area contributed by atoms with Crippen LogP contribution >= 0.6 is 11.6 Å². The second kappa shape index (κ2) is 8.47. The van der Waals surface area contributed by atoms with Gasteiger partial charge in [0.25, 0.3) is 0 Å². The normalized spacial score (nSPS) is 16.5. The van der Waals surface area contributed by atoms with Gasteiger partial charge in [-0.15, -0.1) is 11.6 Å². The smallest absolute Gasteiger partial charge is 0.456 e. The van der Waals surface area contributed by atoms with Crippen molar-refractivity contribution in [2.45, 2.75) is 56.6 Å². The average molecular weight is 400 g/mol. The van der Waals surface area contributed by atoms with Crippen molar-refractivity contribution in [2.75, 3.05) is 12.4 Å². The van der Waals surface area contributed by atoms with Crippen molar-refractivity contribution < 1.29 is 25.7 Å². The van der Waals surface area contributed by atoms with Crippen LogP contribution in [0, 0.1) is 0 Å². The molecule has 0 aromatic heterocycles. The van der Waals surface area contributed by atoms with E-state index in [0.29, 0.717) is 18.3 Å². The summed E-state index contributed by atoms with van der Waals surface area (Å²) < 4.78 is 66.3. The fourth-order valence-electron chi connectivity index (χ4n) is 2.16. The maximum atomic E-state index is 12.2. The molecule has 0 radical (unpaired) electrons. The molecule has 0 fully saturated rings. The minimum Gasteiger partial charge on any atom is -0.456 e. The van der Waals surface area contributed by atoms with Gasteiger partial charge in [0.15, 0.2) is 16.6 Å². The van der Waals surface area contributed by atoms with E-state index in [4.69, 9.17) is 15.7 Å². The van der Waals surface area contributed by atoms with E-state index in [0.717, 1.165) is 12.5 Å². The van der Waals surface area contributed by atoms with Crippen LogP contribution < -0.4 is 4.72 Å². The number of nitrogens with one attached hydrogen (secondary N) is 1. The summed E-state index contributed by atoms with van der Waals surface area (Å²) in [6.45, 7) is 7.98. The van der Waals surface area contributed by atoms with Gasteiger partial charge in [-0.1, -0.05) is 0 Å². The highest BCUT2D eigenvalue weighted by Crippen LogP contribution is 2.26. The summed E-state index contributed by atoms with van der Waals surface area (Å²) in [5.74, 6) is 0.512. The van der Waals surface area contributed by atoms with E-state index in [1.165, 1.54) is 0 Å². The quantitative estimate of drug-likeness (QED) is 0.344. The van der Waals surface area contributed by atoms with Gasteiger partial charge >= 0.3 is 15.5 Å². The highest BCUT2D eigenvalue weighted by atomic mass is 35.5. The van der Waals surface area contributed by atoms with E-state index in [-0.39, 0.29) is 6.54 Å². The van der Waals surface area contributed by atoms with Crippen molar-refractivity contribution in [1.82, 2.24) is 4.72 Å². The van der Waals surface area contributed by atoms with Crippen LogP contribution in [0.5, 0.6) is 0 Å². The number of sulfonamides is 1. The Morgan fingerprint density at radius 1 is 1.09 bits per heavy atom. The molecule has 22 heavy (non-hydrogen) atoms. The van der Waals surface area contributed by atoms with Gasteiger partial charge in [0, 0.05) is 12.4 Å². The second-order valence-corrected chi connectivity index (χ2v) is 17.5. The minimum absolute atomic E-state index is 0.236. The van der Waals surface area contributed by atoms with Crippen molar-refractivity contribution in [2.24, 2.45) is 0 Å². The minimum atomic E-state index is -5.26. The predicted molar refractivity (Wildman–Crippen MR) is 88.6 cm³/mol. The second-order valence-electron chi connectivity index (χ2n) is 6.40. The van der Waals surface area contributed by atoms with Crippen molar-refractivity contribution in [3.8, 4) is 0 Å². The van der Waals surface area contributed by atoms with E-state index in [9.17, 15) is 21.6 Å². The van der Waals surface area contributed by atoms with Crippen LogP contribution in [-0.2, 0) is 14.1 Å². The molecule has 0 saturated heterocycles. The zero-order valence-corrected chi connectivity index (χ0v) is 17.0. The standard InChI is InChI=1S/C11H25ClF3NO3SSi2/c1-21(2,3)19-22(4,9-5-7-12)10-6-8-16-20(17,18)11(13,14)15/h16H,5-10H2,1-4H3. The van der Waals surface area contributed by atoms with Crippen molar-refractivity contribution in [1.29, 1.82) is 0 Å². The maximum Gasteiger partial charge on any atom is 0.511 e. The lowest BCUT2D eigenvalue weighted by Crippen LogP contribution is -2.45. The Kier molecular flexibility index (Phi) is 8.62. The molecule has 0 aliphatic carbocycles. The number of halogens is 4. The monoisotopic (exact) mass is 399 g/mol. The third-order valence-corrected chi connectivity index (χ3v) is 11.6. The molecule has 0 aliphatic rings. The van der Waals surface area contributed by atoms with Gasteiger partial charge in [0.2, 0.25) is 0 Å². The van der Waals surface area contributed by atoms with Gasteiger partial charge in [-0.2, -0.15) is 13.2 Å². The Morgan fingerprint density at radius 2 is 1.59 bits per heavy atom. The SMILES string of the molecule is C[Si](C)(C)O[Si](C)(CCCCl)CCCNS(=O)(=O)C(F)(F)F. The van der Waals surface area contributed by atoms with Crippen LogP contribution in [0.4, 0.5) is 13.2 Å². The lowest BCUT2D eigenvalue weighted by molar-refractivity contribution is -0.0447. The van der Waals surface area contributed by atoms with Crippen LogP contribution in [-0.4, -0.2) is 43.0 Å². The molecule has 11 heteroatoms. The molecular weight excluding hydrogens is 375 g/mol. The highest BCUT2D eigenvalue weighted by Gasteiger charge is 2.45. The molecule has 0 saturated carbocycles. The Bertz CT molecular complexity index is 443. The molecule has 0 aromatic carbocycles. The molecule has 0 amide bonds. The van der Waals surface area contributed by atoms with Crippen molar-refractivity contribution >= 4 is 38.3 Å². The van der Waals surface area contributed by atoms with Crippen LogP contribution in [0.3, 0.4) is 0 Å². The molecule has 0 heterocycles. The van der Waals surface area contributed by atoms with Crippen LogP contribution in [0.1, 0.15) is 12.8 Å². The zero-order chi connectivity index (χ0) is 17.7. The number of alkyl halides is 4. The number of hydrogen-bond donors (Lipinski definition) is 1. The number of hydrogen-bond acceptors (Lipinski definition) is 3. The highest BCUT2D eigenvalue weighted by molar-refractivity contribution is 7.90. The summed E-state index contributed by atoms with van der Waals surface area (Å²) in [4.78, 5) is 0. The summed E-state index contributed by atoms with van der Waals surface area (Å²) >= 11 is 5.71. The molecule has 0 bridgehead atoms. The Morgan fingerprint density at radius 3 is 2.00 bits per heavy atom. The van der Waals surface area contributed by atoms with E-state index >= 15 is 0 Å². The van der Waals surface area contributed by atoms with E-state index < -0.39 is 32.2 Å². The Balaban J connectivity index is 4.53. The van der Waals surface area contributed by atoms with E-state index in [1.807, 2.05) is 6.55 Å². The average Bonchev–Trinajstić information content (AvgIpc) is 2.29. The largest absolute Gasteiger partial charge is 0.511 e. The lowest BCUT2D eigenvalue weighted by Gasteiger charge is -2.34. The molecular formula is C11H25ClF3NO3SSi2. The van der Waals surface area contributed by atoms with Gasteiger partial charge in [-0.3, -0.25) is 0 Å². The summed E-state index contributed by atoms with van der Waals surface area (Å²) in [6.07, 6.45) is 1.12. The predicted octanol–water partition coefficient (Wildman–Crippen LogP) is 3.87. The summed E-state index contributed by atoms with van der Waals surface area (Å²) in [6, 6.07) is 1.43. The van der Waals surface area contributed by atoms with Gasteiger partial charge in [0.1, 0.15) is 0 Å². The maximum absolute atomic E-state index is 12.2. The van der Waals surface area contributed by atoms with Crippen molar-refractivity contribution in [3.63, 3.8) is 0 Å². The number of rotatable bonds is 10. The van der Waals surface area contributed by atoms with Gasteiger partial charge in [0.05, 0.1) is 0 Å². The molecule has 0 rings (SSSR count). The molecule has 4 nitrogen and oxygen atoms in total.